The zero-order chi connectivity index (χ0) is 12.4. The average molecular weight is 245 g/mol. The summed E-state index contributed by atoms with van der Waals surface area (Å²) < 4.78 is 5.12. The first-order chi connectivity index (χ1) is 8.83. The van der Waals surface area contributed by atoms with Crippen molar-refractivity contribution in [3.05, 3.63) is 36.5 Å². The van der Waals surface area contributed by atoms with Gasteiger partial charge in [0.1, 0.15) is 0 Å². The third-order valence-electron chi connectivity index (χ3n) is 2.46. The Balaban J connectivity index is 1.77. The Labute approximate surface area is 102 Å². The first kappa shape index (κ1) is 10.7. The van der Waals surface area contributed by atoms with Gasteiger partial charge in [-0.15, -0.1) is 0 Å². The minimum atomic E-state index is -0.373. The first-order valence-corrected chi connectivity index (χ1v) is 5.39. The number of hydrogen-bond donors (Lipinski definition) is 3. The van der Waals surface area contributed by atoms with Crippen LogP contribution in [0.25, 0.3) is 11.6 Å². The lowest BCUT2D eigenvalue weighted by Crippen LogP contribution is -2.14. The highest BCUT2D eigenvalue weighted by Crippen LogP contribution is 2.16. The third-order valence-corrected chi connectivity index (χ3v) is 2.46. The van der Waals surface area contributed by atoms with Gasteiger partial charge in [-0.25, -0.2) is 9.97 Å². The first-order valence-electron chi connectivity index (χ1n) is 5.39. The zero-order valence-corrected chi connectivity index (χ0v) is 9.37. The number of aromatic amines is 2. The van der Waals surface area contributed by atoms with E-state index >= 15 is 0 Å². The van der Waals surface area contributed by atoms with Crippen LogP contribution in [0.4, 0.5) is 0 Å². The fourth-order valence-electron chi connectivity index (χ4n) is 1.59. The van der Waals surface area contributed by atoms with Gasteiger partial charge in [-0.2, -0.15) is 4.98 Å². The number of hydrogen-bond acceptors (Lipinski definition) is 6. The minimum Gasteiger partial charge on any atom is -0.348 e. The summed E-state index contributed by atoms with van der Waals surface area (Å²) in [5.41, 5.74) is 6.90. The molecule has 0 bridgehead atoms. The molecule has 3 aromatic heterocycles. The summed E-state index contributed by atoms with van der Waals surface area (Å²) in [5, 5.41) is 3.82. The van der Waals surface area contributed by atoms with Crippen molar-refractivity contribution in [2.75, 3.05) is 0 Å². The molecule has 3 aromatic rings. The summed E-state index contributed by atoms with van der Waals surface area (Å²) in [6, 6.07) is -0.373. The number of rotatable bonds is 4. The predicted molar refractivity (Wildman–Crippen MR) is 61.1 cm³/mol. The van der Waals surface area contributed by atoms with Gasteiger partial charge in [0.05, 0.1) is 12.4 Å². The molecule has 0 unspecified atom stereocenters. The van der Waals surface area contributed by atoms with E-state index in [0.29, 0.717) is 24.0 Å². The van der Waals surface area contributed by atoms with Crippen LogP contribution in [0.1, 0.15) is 17.6 Å². The van der Waals surface area contributed by atoms with Crippen molar-refractivity contribution in [2.45, 2.75) is 12.5 Å². The van der Waals surface area contributed by atoms with Crippen molar-refractivity contribution in [1.82, 2.24) is 30.1 Å². The highest BCUT2D eigenvalue weighted by Gasteiger charge is 2.17. The van der Waals surface area contributed by atoms with E-state index in [2.05, 4.69) is 30.1 Å². The van der Waals surface area contributed by atoms with Crippen LogP contribution < -0.4 is 5.73 Å². The number of H-pyrrole nitrogens is 2. The van der Waals surface area contributed by atoms with Crippen molar-refractivity contribution in [1.29, 1.82) is 0 Å². The van der Waals surface area contributed by atoms with Crippen LogP contribution in [0.5, 0.6) is 0 Å². The summed E-state index contributed by atoms with van der Waals surface area (Å²) in [4.78, 5) is 18.0. The van der Waals surface area contributed by atoms with Crippen LogP contribution in [-0.4, -0.2) is 30.1 Å². The van der Waals surface area contributed by atoms with Gasteiger partial charge in [0.2, 0.25) is 11.7 Å². The lowest BCUT2D eigenvalue weighted by atomic mass is 10.2. The molecular weight excluding hydrogens is 234 g/mol. The molecule has 0 spiro atoms. The zero-order valence-electron chi connectivity index (χ0n) is 9.37. The van der Waals surface area contributed by atoms with Gasteiger partial charge in [-0.1, -0.05) is 5.16 Å². The van der Waals surface area contributed by atoms with Crippen molar-refractivity contribution in [2.24, 2.45) is 5.73 Å². The Morgan fingerprint density at radius 3 is 3.06 bits per heavy atom. The predicted octanol–water partition coefficient (Wildman–Crippen LogP) is 0.425. The van der Waals surface area contributed by atoms with Crippen LogP contribution >= 0.6 is 0 Å². The number of imidazole rings is 2. The molecule has 8 nitrogen and oxygen atoms in total. The molecule has 4 N–H and O–H groups in total. The molecule has 0 aliphatic heterocycles. The summed E-state index contributed by atoms with van der Waals surface area (Å²) in [5.74, 6) is 1.32. The van der Waals surface area contributed by atoms with Crippen LogP contribution in [0.2, 0.25) is 0 Å². The molecule has 0 aromatic carbocycles. The third kappa shape index (κ3) is 2.00. The van der Waals surface area contributed by atoms with Gasteiger partial charge in [0.25, 0.3) is 0 Å². The Hall–Kier alpha value is -2.48. The van der Waals surface area contributed by atoms with Gasteiger partial charge in [-0.05, 0) is 0 Å². The van der Waals surface area contributed by atoms with Gasteiger partial charge in [-0.3, -0.25) is 0 Å². The topological polar surface area (TPSA) is 122 Å². The normalized spacial score (nSPS) is 12.7. The van der Waals surface area contributed by atoms with E-state index in [9.17, 15) is 0 Å². The lowest BCUT2D eigenvalue weighted by Gasteiger charge is -2.03. The van der Waals surface area contributed by atoms with Gasteiger partial charge in [0, 0.05) is 30.7 Å². The molecule has 92 valence electrons. The summed E-state index contributed by atoms with van der Waals surface area (Å²) in [7, 11) is 0. The minimum absolute atomic E-state index is 0.371. The smallest absolute Gasteiger partial charge is 0.244 e. The quantitative estimate of drug-likeness (QED) is 0.612. The van der Waals surface area contributed by atoms with Gasteiger partial charge in [0.15, 0.2) is 5.82 Å². The van der Waals surface area contributed by atoms with Crippen LogP contribution in [0, 0.1) is 0 Å². The van der Waals surface area contributed by atoms with Crippen molar-refractivity contribution in [3.63, 3.8) is 0 Å². The largest absolute Gasteiger partial charge is 0.348 e. The number of nitrogens with zero attached hydrogens (tertiary/aromatic N) is 4. The molecule has 0 aliphatic carbocycles. The van der Waals surface area contributed by atoms with Crippen molar-refractivity contribution >= 4 is 0 Å². The molecule has 0 saturated heterocycles. The Morgan fingerprint density at radius 2 is 2.33 bits per heavy atom. The molecule has 0 saturated carbocycles. The summed E-state index contributed by atoms with van der Waals surface area (Å²) in [6.07, 6.45) is 7.18. The molecule has 0 aliphatic rings. The molecule has 0 amide bonds. The second kappa shape index (κ2) is 4.41. The monoisotopic (exact) mass is 245 g/mol. The second-order valence-electron chi connectivity index (χ2n) is 3.78. The SMILES string of the molecule is N[C@@H](Cc1cnc[nH]1)c1nc(-c2ncc[nH]2)no1. The van der Waals surface area contributed by atoms with E-state index in [1.165, 1.54) is 0 Å². The van der Waals surface area contributed by atoms with E-state index in [-0.39, 0.29) is 6.04 Å². The summed E-state index contributed by atoms with van der Waals surface area (Å²) in [6.45, 7) is 0. The van der Waals surface area contributed by atoms with E-state index < -0.39 is 0 Å². The molecule has 1 atom stereocenters. The Morgan fingerprint density at radius 1 is 1.39 bits per heavy atom. The van der Waals surface area contributed by atoms with E-state index in [1.807, 2.05) is 0 Å². The number of nitrogens with two attached hydrogens (primary N) is 1. The highest BCUT2D eigenvalue weighted by molar-refractivity contribution is 5.40. The summed E-state index contributed by atoms with van der Waals surface area (Å²) >= 11 is 0. The molecule has 18 heavy (non-hydrogen) atoms. The fraction of sp³-hybridized carbons (Fsp3) is 0.200. The maximum absolute atomic E-state index is 5.98. The van der Waals surface area contributed by atoms with Gasteiger partial charge < -0.3 is 20.2 Å². The van der Waals surface area contributed by atoms with E-state index in [1.54, 1.807) is 24.9 Å². The molecule has 3 rings (SSSR count). The molecule has 8 heteroatoms. The second-order valence-corrected chi connectivity index (χ2v) is 3.78. The van der Waals surface area contributed by atoms with Crippen molar-refractivity contribution < 1.29 is 4.52 Å². The number of aromatic nitrogens is 6. The Kier molecular flexibility index (Phi) is 2.61. The maximum atomic E-state index is 5.98. The lowest BCUT2D eigenvalue weighted by molar-refractivity contribution is 0.353. The molecule has 0 radical (unpaired) electrons. The number of nitrogens with one attached hydrogen (secondary N) is 2. The average Bonchev–Trinajstić information content (AvgIpc) is 3.11. The fourth-order valence-corrected chi connectivity index (χ4v) is 1.59. The highest BCUT2D eigenvalue weighted by atomic mass is 16.5. The molecule has 3 heterocycles. The van der Waals surface area contributed by atoms with Gasteiger partial charge >= 0.3 is 0 Å². The van der Waals surface area contributed by atoms with Crippen LogP contribution in [0.15, 0.2) is 29.4 Å². The standard InChI is InChI=1S/C10H11N7O/c11-7(3-6-4-12-5-15-6)10-16-9(17-18-10)8-13-1-2-14-8/h1-2,4-5,7H,3,11H2,(H,12,15)(H,13,14)/t7-/m0/s1. The van der Waals surface area contributed by atoms with Crippen LogP contribution in [0.3, 0.4) is 0 Å². The molecule has 0 fully saturated rings. The van der Waals surface area contributed by atoms with E-state index in [4.69, 9.17) is 10.3 Å². The van der Waals surface area contributed by atoms with Crippen LogP contribution in [-0.2, 0) is 6.42 Å². The Bertz CT molecular complexity index is 598. The molecular formula is C10H11N7O. The maximum Gasteiger partial charge on any atom is 0.244 e. The van der Waals surface area contributed by atoms with Crippen molar-refractivity contribution in [3.8, 4) is 11.6 Å². The van der Waals surface area contributed by atoms with E-state index in [0.717, 1.165) is 5.69 Å².